The molecule has 5 rings (SSSR count). The van der Waals surface area contributed by atoms with Crippen molar-refractivity contribution in [2.24, 2.45) is 0 Å². The van der Waals surface area contributed by atoms with Crippen LogP contribution in [0.2, 0.25) is 0 Å². The standard InChI is InChI=1S/C30H29N5O3S/c1-18-17-25(19(2)34(18)23-12-8-21(9-13-23)29(37)38-4)28-27(26-7-5-6-16-31-26)33-30(39)35(28)24-14-10-22(11-15-24)32-20(3)36/h5-17,27-28H,1-4H3,(H,32,36)(H,33,39). The lowest BCUT2D eigenvalue weighted by molar-refractivity contribution is -0.114. The van der Waals surface area contributed by atoms with E-state index >= 15 is 0 Å². The van der Waals surface area contributed by atoms with Gasteiger partial charge in [0.2, 0.25) is 5.91 Å². The molecule has 4 aromatic rings. The first-order valence-electron chi connectivity index (χ1n) is 12.5. The first-order chi connectivity index (χ1) is 18.8. The van der Waals surface area contributed by atoms with Crippen LogP contribution in [0, 0.1) is 13.8 Å². The number of amides is 1. The van der Waals surface area contributed by atoms with Gasteiger partial charge in [0, 0.05) is 41.6 Å². The number of benzene rings is 2. The Morgan fingerprint density at radius 3 is 2.31 bits per heavy atom. The largest absolute Gasteiger partial charge is 0.465 e. The van der Waals surface area contributed by atoms with E-state index in [4.69, 9.17) is 17.0 Å². The summed E-state index contributed by atoms with van der Waals surface area (Å²) < 4.78 is 7.02. The van der Waals surface area contributed by atoms with Crippen molar-refractivity contribution < 1.29 is 14.3 Å². The molecule has 8 nitrogen and oxygen atoms in total. The van der Waals surface area contributed by atoms with Crippen LogP contribution in [-0.2, 0) is 9.53 Å². The predicted octanol–water partition coefficient (Wildman–Crippen LogP) is 5.41. The highest BCUT2D eigenvalue weighted by Gasteiger charge is 2.42. The third kappa shape index (κ3) is 5.00. The van der Waals surface area contributed by atoms with Crippen molar-refractivity contribution in [1.82, 2.24) is 14.9 Å². The van der Waals surface area contributed by atoms with Crippen LogP contribution in [-0.4, -0.2) is 33.6 Å². The Kier molecular flexibility index (Phi) is 7.17. The van der Waals surface area contributed by atoms with E-state index in [0.717, 1.165) is 39.7 Å². The molecular formula is C30H29N5O3S. The predicted molar refractivity (Wildman–Crippen MR) is 155 cm³/mol. The minimum atomic E-state index is -0.368. The summed E-state index contributed by atoms with van der Waals surface area (Å²) in [5, 5.41) is 6.91. The van der Waals surface area contributed by atoms with Gasteiger partial charge in [0.25, 0.3) is 0 Å². The minimum Gasteiger partial charge on any atom is -0.465 e. The number of nitrogens with zero attached hydrogens (tertiary/aromatic N) is 3. The van der Waals surface area contributed by atoms with E-state index in [1.54, 1.807) is 18.3 Å². The smallest absolute Gasteiger partial charge is 0.337 e. The molecule has 9 heteroatoms. The average molecular weight is 540 g/mol. The molecule has 1 amide bonds. The lowest BCUT2D eigenvalue weighted by atomic mass is 9.96. The van der Waals surface area contributed by atoms with Crippen LogP contribution in [0.25, 0.3) is 5.69 Å². The number of anilines is 2. The molecule has 0 radical (unpaired) electrons. The third-order valence-electron chi connectivity index (χ3n) is 6.90. The second-order valence-electron chi connectivity index (χ2n) is 9.43. The fourth-order valence-electron chi connectivity index (χ4n) is 5.21. The Labute approximate surface area is 232 Å². The van der Waals surface area contributed by atoms with Crippen molar-refractivity contribution in [3.63, 3.8) is 0 Å². The maximum Gasteiger partial charge on any atom is 0.337 e. The molecule has 0 spiro atoms. The quantitative estimate of drug-likeness (QED) is 0.250. The Bertz CT molecular complexity index is 1530. The summed E-state index contributed by atoms with van der Waals surface area (Å²) in [7, 11) is 1.37. The van der Waals surface area contributed by atoms with Crippen molar-refractivity contribution in [3.05, 3.63) is 107 Å². The van der Waals surface area contributed by atoms with E-state index < -0.39 is 0 Å². The minimum absolute atomic E-state index is 0.124. The summed E-state index contributed by atoms with van der Waals surface area (Å²) in [6.45, 7) is 5.64. The lowest BCUT2D eigenvalue weighted by Crippen LogP contribution is -2.29. The monoisotopic (exact) mass is 539 g/mol. The molecule has 2 aromatic carbocycles. The normalized spacial score (nSPS) is 16.6. The van der Waals surface area contributed by atoms with Gasteiger partial charge >= 0.3 is 5.97 Å². The topological polar surface area (TPSA) is 88.5 Å². The second kappa shape index (κ2) is 10.7. The molecule has 1 aliphatic rings. The molecule has 39 heavy (non-hydrogen) atoms. The Balaban J connectivity index is 1.60. The molecule has 2 unspecified atom stereocenters. The first kappa shape index (κ1) is 26.1. The van der Waals surface area contributed by atoms with Crippen LogP contribution in [0.15, 0.2) is 79.0 Å². The van der Waals surface area contributed by atoms with E-state index in [-0.39, 0.29) is 24.0 Å². The van der Waals surface area contributed by atoms with E-state index in [1.807, 2.05) is 54.6 Å². The number of aryl methyl sites for hydroxylation is 1. The molecular weight excluding hydrogens is 510 g/mol. The highest BCUT2D eigenvalue weighted by molar-refractivity contribution is 7.80. The zero-order chi connectivity index (χ0) is 27.7. The van der Waals surface area contributed by atoms with Gasteiger partial charge in [0.15, 0.2) is 5.11 Å². The second-order valence-corrected chi connectivity index (χ2v) is 9.81. The van der Waals surface area contributed by atoms with Crippen LogP contribution >= 0.6 is 12.2 Å². The Morgan fingerprint density at radius 1 is 1.00 bits per heavy atom. The number of carbonyl (C=O) groups excluding carboxylic acids is 2. The van der Waals surface area contributed by atoms with Crippen molar-refractivity contribution in [3.8, 4) is 5.69 Å². The maximum atomic E-state index is 11.9. The molecule has 3 heterocycles. The Hall–Kier alpha value is -4.50. The number of hydrogen-bond donors (Lipinski definition) is 2. The van der Waals surface area contributed by atoms with E-state index in [0.29, 0.717) is 10.7 Å². The average Bonchev–Trinajstić information content (AvgIpc) is 3.43. The number of hydrogen-bond acceptors (Lipinski definition) is 5. The molecule has 0 bridgehead atoms. The maximum absolute atomic E-state index is 11.9. The van der Waals surface area contributed by atoms with Crippen LogP contribution < -0.4 is 15.5 Å². The van der Waals surface area contributed by atoms with Gasteiger partial charge in [-0.25, -0.2) is 4.79 Å². The van der Waals surface area contributed by atoms with Gasteiger partial charge in [0.1, 0.15) is 0 Å². The van der Waals surface area contributed by atoms with Crippen molar-refractivity contribution in [2.45, 2.75) is 32.9 Å². The highest BCUT2D eigenvalue weighted by atomic mass is 32.1. The van der Waals surface area contributed by atoms with Gasteiger partial charge in [-0.3, -0.25) is 9.78 Å². The summed E-state index contributed by atoms with van der Waals surface area (Å²) in [6, 6.07) is 22.7. The molecule has 1 aliphatic heterocycles. The van der Waals surface area contributed by atoms with Crippen LogP contribution in [0.3, 0.4) is 0 Å². The summed E-state index contributed by atoms with van der Waals surface area (Å²) in [4.78, 5) is 30.2. The van der Waals surface area contributed by atoms with Gasteiger partial charge in [-0.1, -0.05) is 6.07 Å². The number of rotatable bonds is 6. The zero-order valence-electron chi connectivity index (χ0n) is 22.1. The van der Waals surface area contributed by atoms with Gasteiger partial charge in [-0.15, -0.1) is 0 Å². The number of aromatic nitrogens is 2. The summed E-state index contributed by atoms with van der Waals surface area (Å²) in [5.41, 5.74) is 7.14. The molecule has 1 saturated heterocycles. The molecule has 2 aromatic heterocycles. The van der Waals surface area contributed by atoms with Crippen molar-refractivity contribution >= 4 is 40.6 Å². The summed E-state index contributed by atoms with van der Waals surface area (Å²) >= 11 is 5.87. The van der Waals surface area contributed by atoms with E-state index in [1.165, 1.54) is 14.0 Å². The molecule has 0 aliphatic carbocycles. The van der Waals surface area contributed by atoms with Crippen molar-refractivity contribution in [2.75, 3.05) is 17.3 Å². The van der Waals surface area contributed by atoms with E-state index in [9.17, 15) is 9.59 Å². The number of ether oxygens (including phenoxy) is 1. The van der Waals surface area contributed by atoms with Gasteiger partial charge in [0.05, 0.1) is 30.5 Å². The van der Waals surface area contributed by atoms with Gasteiger partial charge in [-0.05, 0) is 98.4 Å². The zero-order valence-corrected chi connectivity index (χ0v) is 23.0. The molecule has 0 saturated carbocycles. The van der Waals surface area contributed by atoms with Crippen molar-refractivity contribution in [1.29, 1.82) is 0 Å². The molecule has 2 N–H and O–H groups in total. The fraction of sp³-hybridized carbons (Fsp3) is 0.200. The number of pyridine rings is 1. The number of nitrogens with one attached hydrogen (secondary N) is 2. The van der Waals surface area contributed by atoms with E-state index in [2.05, 4.69) is 45.0 Å². The van der Waals surface area contributed by atoms with Crippen LogP contribution in [0.1, 0.15) is 52.0 Å². The third-order valence-corrected chi connectivity index (χ3v) is 7.21. The number of thiocarbonyl (C=S) groups is 1. The molecule has 1 fully saturated rings. The highest BCUT2D eigenvalue weighted by Crippen LogP contribution is 2.44. The van der Waals surface area contributed by atoms with Crippen LogP contribution in [0.5, 0.6) is 0 Å². The fourth-order valence-corrected chi connectivity index (χ4v) is 5.55. The lowest BCUT2D eigenvalue weighted by Gasteiger charge is -2.28. The van der Waals surface area contributed by atoms with Crippen LogP contribution in [0.4, 0.5) is 11.4 Å². The number of esters is 1. The molecule has 2 atom stereocenters. The van der Waals surface area contributed by atoms with Gasteiger partial charge < -0.3 is 24.8 Å². The molecule has 198 valence electrons. The van der Waals surface area contributed by atoms with Gasteiger partial charge in [-0.2, -0.15) is 0 Å². The summed E-state index contributed by atoms with van der Waals surface area (Å²) in [5.74, 6) is -0.492. The summed E-state index contributed by atoms with van der Waals surface area (Å²) in [6.07, 6.45) is 1.79. The number of methoxy groups -OCH3 is 1. The SMILES string of the molecule is COC(=O)c1ccc(-n2c(C)cc(C3C(c4ccccn4)NC(=S)N3c3ccc(NC(C)=O)cc3)c2C)cc1. The Morgan fingerprint density at radius 2 is 1.69 bits per heavy atom. The number of carbonyl (C=O) groups is 2. The first-order valence-corrected chi connectivity index (χ1v) is 12.9.